The predicted molar refractivity (Wildman–Crippen MR) is 33.8 cm³/mol. The third-order valence-electron chi connectivity index (χ3n) is 1.48. The van der Waals surface area contributed by atoms with Gasteiger partial charge < -0.3 is 5.11 Å². The molecule has 0 aromatic rings. The molecule has 0 radical (unpaired) electrons. The van der Waals surface area contributed by atoms with Gasteiger partial charge in [0.1, 0.15) is 0 Å². The molecule has 62 valence electrons. The van der Waals surface area contributed by atoms with Crippen LogP contribution in [0.5, 0.6) is 0 Å². The molecular weight excluding hydrogens is 157 g/mol. The lowest BCUT2D eigenvalue weighted by Gasteiger charge is -2.17. The van der Waals surface area contributed by atoms with Gasteiger partial charge in [0.15, 0.2) is 6.10 Å². The lowest BCUT2D eigenvalue weighted by molar-refractivity contribution is -0.210. The highest BCUT2D eigenvalue weighted by Crippen LogP contribution is 2.28. The zero-order valence-electron chi connectivity index (χ0n) is 5.55. The summed E-state index contributed by atoms with van der Waals surface area (Å²) in [5.74, 6) is -0.907. The second-order valence-electron chi connectivity index (χ2n) is 2.33. The van der Waals surface area contributed by atoms with Crippen LogP contribution in [-0.2, 0) is 0 Å². The van der Waals surface area contributed by atoms with E-state index in [0.29, 0.717) is 0 Å². The lowest BCUT2D eigenvalue weighted by atomic mass is 10.0. The van der Waals surface area contributed by atoms with Crippen molar-refractivity contribution in [2.24, 2.45) is 5.92 Å². The summed E-state index contributed by atoms with van der Waals surface area (Å²) < 4.78 is 35.3. The molecule has 0 fully saturated rings. The van der Waals surface area contributed by atoms with E-state index in [0.717, 1.165) is 0 Å². The first-order valence-corrected chi connectivity index (χ1v) is 3.11. The summed E-state index contributed by atoms with van der Waals surface area (Å²) in [4.78, 5) is 0. The van der Waals surface area contributed by atoms with Crippen LogP contribution in [0.25, 0.3) is 0 Å². The molecule has 0 bridgehead atoms. The highest BCUT2D eigenvalue weighted by atomic mass is 19.4. The van der Waals surface area contributed by atoms with Gasteiger partial charge in [0.05, 0.1) is 0 Å². The topological polar surface area (TPSA) is 20.2 Å². The summed E-state index contributed by atoms with van der Waals surface area (Å²) in [6, 6.07) is 0. The smallest absolute Gasteiger partial charge is 0.383 e. The van der Waals surface area contributed by atoms with E-state index in [4.69, 9.17) is 5.11 Å². The van der Waals surface area contributed by atoms with Gasteiger partial charge in [-0.2, -0.15) is 13.2 Å². The van der Waals surface area contributed by atoms with Crippen LogP contribution >= 0.6 is 0 Å². The summed E-state index contributed by atoms with van der Waals surface area (Å²) in [7, 11) is 0. The Balaban J connectivity index is 2.61. The molecule has 0 unspecified atom stereocenters. The molecule has 0 aliphatic heterocycles. The van der Waals surface area contributed by atoms with Crippen LogP contribution < -0.4 is 0 Å². The van der Waals surface area contributed by atoms with Crippen molar-refractivity contribution in [3.05, 3.63) is 24.3 Å². The monoisotopic (exact) mass is 164 g/mol. The van der Waals surface area contributed by atoms with Crippen molar-refractivity contribution in [1.29, 1.82) is 0 Å². The molecule has 0 saturated heterocycles. The Bertz CT molecular complexity index is 180. The van der Waals surface area contributed by atoms with Crippen molar-refractivity contribution in [3.8, 4) is 0 Å². The molecule has 0 amide bonds. The first kappa shape index (κ1) is 8.33. The Labute approximate surface area is 61.8 Å². The molecule has 1 nitrogen and oxygen atoms in total. The van der Waals surface area contributed by atoms with E-state index in [-0.39, 0.29) is 0 Å². The van der Waals surface area contributed by atoms with Crippen LogP contribution in [-0.4, -0.2) is 17.4 Å². The molecule has 0 aromatic heterocycles. The van der Waals surface area contributed by atoms with E-state index in [2.05, 4.69) is 0 Å². The minimum atomic E-state index is -4.52. The van der Waals surface area contributed by atoms with E-state index in [1.54, 1.807) is 0 Å². The van der Waals surface area contributed by atoms with Gasteiger partial charge in [0.25, 0.3) is 0 Å². The Kier molecular flexibility index (Phi) is 2.04. The van der Waals surface area contributed by atoms with Gasteiger partial charge in [-0.1, -0.05) is 24.3 Å². The van der Waals surface area contributed by atoms with Crippen molar-refractivity contribution >= 4 is 0 Å². The minimum Gasteiger partial charge on any atom is -0.383 e. The number of hydrogen-bond donors (Lipinski definition) is 1. The lowest BCUT2D eigenvalue weighted by Crippen LogP contribution is -2.33. The number of halogens is 3. The highest BCUT2D eigenvalue weighted by molar-refractivity contribution is 5.19. The maximum atomic E-state index is 11.8. The highest BCUT2D eigenvalue weighted by Gasteiger charge is 2.41. The first-order chi connectivity index (χ1) is 5.02. The summed E-state index contributed by atoms with van der Waals surface area (Å²) in [5.41, 5.74) is 0. The van der Waals surface area contributed by atoms with Gasteiger partial charge in [0, 0.05) is 5.92 Å². The maximum absolute atomic E-state index is 11.8. The molecule has 1 rings (SSSR count). The van der Waals surface area contributed by atoms with Gasteiger partial charge in [-0.3, -0.25) is 0 Å². The number of allylic oxidation sites excluding steroid dienone is 2. The van der Waals surface area contributed by atoms with E-state index in [1.165, 1.54) is 24.3 Å². The molecule has 1 aliphatic carbocycles. The molecule has 1 atom stereocenters. The quantitative estimate of drug-likeness (QED) is 0.624. The SMILES string of the molecule is O[C@H](C1C=CC=C1)C(F)(F)F. The van der Waals surface area contributed by atoms with Crippen molar-refractivity contribution in [2.45, 2.75) is 12.3 Å². The number of alkyl halides is 3. The Morgan fingerprint density at radius 2 is 1.64 bits per heavy atom. The molecule has 11 heavy (non-hydrogen) atoms. The van der Waals surface area contributed by atoms with Gasteiger partial charge >= 0.3 is 6.18 Å². The molecular formula is C7H7F3O. The second-order valence-corrected chi connectivity index (χ2v) is 2.33. The molecule has 4 heteroatoms. The fourth-order valence-corrected chi connectivity index (χ4v) is 0.878. The zero-order chi connectivity index (χ0) is 8.48. The number of rotatable bonds is 1. The second kappa shape index (κ2) is 2.70. The molecule has 0 spiro atoms. The van der Waals surface area contributed by atoms with E-state index >= 15 is 0 Å². The third kappa shape index (κ3) is 1.83. The third-order valence-corrected chi connectivity index (χ3v) is 1.48. The van der Waals surface area contributed by atoms with Crippen LogP contribution in [0.15, 0.2) is 24.3 Å². The first-order valence-electron chi connectivity index (χ1n) is 3.11. The van der Waals surface area contributed by atoms with Crippen LogP contribution in [0, 0.1) is 5.92 Å². The van der Waals surface area contributed by atoms with Crippen molar-refractivity contribution in [2.75, 3.05) is 0 Å². The van der Waals surface area contributed by atoms with E-state index < -0.39 is 18.2 Å². The van der Waals surface area contributed by atoms with Gasteiger partial charge in [-0.25, -0.2) is 0 Å². The maximum Gasteiger partial charge on any atom is 0.415 e. The van der Waals surface area contributed by atoms with Gasteiger partial charge in [0.2, 0.25) is 0 Å². The fourth-order valence-electron chi connectivity index (χ4n) is 0.878. The van der Waals surface area contributed by atoms with Crippen LogP contribution in [0.1, 0.15) is 0 Å². The molecule has 1 N–H and O–H groups in total. The zero-order valence-corrected chi connectivity index (χ0v) is 5.55. The van der Waals surface area contributed by atoms with Crippen LogP contribution in [0.2, 0.25) is 0 Å². The largest absolute Gasteiger partial charge is 0.415 e. The standard InChI is InChI=1S/C7H7F3O/c8-7(9,10)6(11)5-3-1-2-4-5/h1-6,11H/t6-/m1/s1. The van der Waals surface area contributed by atoms with E-state index in [1.807, 2.05) is 0 Å². The molecule has 0 aromatic carbocycles. The molecule has 0 saturated carbocycles. The van der Waals surface area contributed by atoms with Crippen LogP contribution in [0.4, 0.5) is 13.2 Å². The Morgan fingerprint density at radius 3 is 2.00 bits per heavy atom. The van der Waals surface area contributed by atoms with Crippen molar-refractivity contribution in [1.82, 2.24) is 0 Å². The molecule has 1 aliphatic rings. The Morgan fingerprint density at radius 1 is 1.18 bits per heavy atom. The van der Waals surface area contributed by atoms with Crippen LogP contribution in [0.3, 0.4) is 0 Å². The van der Waals surface area contributed by atoms with E-state index in [9.17, 15) is 13.2 Å². The summed E-state index contributed by atoms with van der Waals surface area (Å²) in [6.45, 7) is 0. The minimum absolute atomic E-state index is 0.907. The summed E-state index contributed by atoms with van der Waals surface area (Å²) in [6.07, 6.45) is -1.18. The predicted octanol–water partition coefficient (Wildman–Crippen LogP) is 1.65. The number of aliphatic hydroxyl groups is 1. The average molecular weight is 164 g/mol. The van der Waals surface area contributed by atoms with Gasteiger partial charge in [-0.15, -0.1) is 0 Å². The Hall–Kier alpha value is -0.770. The summed E-state index contributed by atoms with van der Waals surface area (Å²) in [5, 5.41) is 8.66. The summed E-state index contributed by atoms with van der Waals surface area (Å²) >= 11 is 0. The average Bonchev–Trinajstić information content (AvgIpc) is 2.34. The van der Waals surface area contributed by atoms with Crippen molar-refractivity contribution < 1.29 is 18.3 Å². The fraction of sp³-hybridized carbons (Fsp3) is 0.429. The normalized spacial score (nSPS) is 21.1. The molecule has 0 heterocycles. The van der Waals surface area contributed by atoms with Gasteiger partial charge in [-0.05, 0) is 0 Å². The number of hydrogen-bond acceptors (Lipinski definition) is 1. The number of aliphatic hydroxyl groups excluding tert-OH is 1. The van der Waals surface area contributed by atoms with Crippen molar-refractivity contribution in [3.63, 3.8) is 0 Å².